The van der Waals surface area contributed by atoms with Crippen molar-refractivity contribution in [3.05, 3.63) is 77.3 Å². The van der Waals surface area contributed by atoms with E-state index in [0.29, 0.717) is 17.2 Å². The molecular weight excluding hydrogens is 436 g/mol. The van der Waals surface area contributed by atoms with Crippen LogP contribution in [0.2, 0.25) is 5.02 Å². The van der Waals surface area contributed by atoms with E-state index >= 15 is 0 Å². The molecule has 4 rings (SSSR count). The fourth-order valence-electron chi connectivity index (χ4n) is 2.80. The van der Waals surface area contributed by atoms with Crippen molar-refractivity contribution in [1.29, 1.82) is 0 Å². The number of benzene rings is 3. The monoisotopic (exact) mass is 447 g/mol. The van der Waals surface area contributed by atoms with Gasteiger partial charge in [-0.3, -0.25) is 4.72 Å². The second-order valence-electron chi connectivity index (χ2n) is 6.19. The van der Waals surface area contributed by atoms with Crippen LogP contribution in [0.1, 0.15) is 0 Å². The topological polar surface area (TPSA) is 101 Å². The Kier molecular flexibility index (Phi) is 5.18. The zero-order valence-corrected chi connectivity index (χ0v) is 16.5. The molecule has 3 aromatic carbocycles. The SMILES string of the molecule is O=S(=O)(Nc1cc(-c2ccccc2)c(F)cc1F)c1cc(Cl)cc(-c2nn[nH]n2)c1. The van der Waals surface area contributed by atoms with Crippen molar-refractivity contribution < 1.29 is 17.2 Å². The highest BCUT2D eigenvalue weighted by Gasteiger charge is 2.21. The van der Waals surface area contributed by atoms with Gasteiger partial charge in [0.25, 0.3) is 10.0 Å². The highest BCUT2D eigenvalue weighted by molar-refractivity contribution is 7.92. The van der Waals surface area contributed by atoms with Crippen LogP contribution in [0.25, 0.3) is 22.5 Å². The molecule has 0 spiro atoms. The number of nitrogens with one attached hydrogen (secondary N) is 2. The maximum Gasteiger partial charge on any atom is 0.262 e. The summed E-state index contributed by atoms with van der Waals surface area (Å²) in [7, 11) is -4.27. The average molecular weight is 448 g/mol. The van der Waals surface area contributed by atoms with Crippen molar-refractivity contribution in [2.24, 2.45) is 0 Å². The second-order valence-corrected chi connectivity index (χ2v) is 8.31. The molecule has 0 fully saturated rings. The number of H-pyrrole nitrogens is 1. The number of nitrogens with zero attached hydrogens (tertiary/aromatic N) is 3. The molecule has 152 valence electrons. The predicted molar refractivity (Wildman–Crippen MR) is 107 cm³/mol. The quantitative estimate of drug-likeness (QED) is 0.476. The summed E-state index contributed by atoms with van der Waals surface area (Å²) < 4.78 is 56.5. The van der Waals surface area contributed by atoms with Gasteiger partial charge in [0.1, 0.15) is 11.6 Å². The summed E-state index contributed by atoms with van der Waals surface area (Å²) in [6.07, 6.45) is 0. The van der Waals surface area contributed by atoms with Crippen molar-refractivity contribution >= 4 is 27.3 Å². The van der Waals surface area contributed by atoms with Gasteiger partial charge in [0.2, 0.25) is 5.82 Å². The first-order chi connectivity index (χ1) is 14.3. The summed E-state index contributed by atoms with van der Waals surface area (Å²) in [4.78, 5) is -0.250. The van der Waals surface area contributed by atoms with Gasteiger partial charge in [0, 0.05) is 22.2 Å². The minimum absolute atomic E-state index is 0.0493. The number of rotatable bonds is 5. The molecule has 2 N–H and O–H groups in total. The van der Waals surface area contributed by atoms with E-state index < -0.39 is 27.3 Å². The van der Waals surface area contributed by atoms with E-state index in [4.69, 9.17) is 11.6 Å². The van der Waals surface area contributed by atoms with Crippen LogP contribution in [-0.2, 0) is 10.0 Å². The number of aromatic amines is 1. The molecule has 0 amide bonds. The first-order valence-corrected chi connectivity index (χ1v) is 10.3. The van der Waals surface area contributed by atoms with Crippen LogP contribution in [0.4, 0.5) is 14.5 Å². The Morgan fingerprint density at radius 1 is 0.933 bits per heavy atom. The van der Waals surface area contributed by atoms with Crippen LogP contribution >= 0.6 is 11.6 Å². The number of sulfonamides is 1. The number of aromatic nitrogens is 4. The number of hydrogen-bond acceptors (Lipinski definition) is 5. The summed E-state index contributed by atoms with van der Waals surface area (Å²) in [5.74, 6) is -1.74. The number of halogens is 3. The van der Waals surface area contributed by atoms with Crippen molar-refractivity contribution in [2.75, 3.05) is 4.72 Å². The van der Waals surface area contributed by atoms with Crippen LogP contribution in [0.15, 0.2) is 65.6 Å². The molecule has 7 nitrogen and oxygen atoms in total. The van der Waals surface area contributed by atoms with E-state index in [0.717, 1.165) is 6.07 Å². The Morgan fingerprint density at radius 3 is 2.40 bits per heavy atom. The molecule has 0 unspecified atom stereocenters. The van der Waals surface area contributed by atoms with Gasteiger partial charge < -0.3 is 0 Å². The molecule has 4 aromatic rings. The maximum absolute atomic E-state index is 14.3. The second kappa shape index (κ2) is 7.81. The Balaban J connectivity index is 1.74. The molecule has 30 heavy (non-hydrogen) atoms. The molecule has 1 heterocycles. The fraction of sp³-hybridized carbons (Fsp3) is 0. The largest absolute Gasteiger partial charge is 0.277 e. The van der Waals surface area contributed by atoms with Crippen molar-refractivity contribution in [3.8, 4) is 22.5 Å². The summed E-state index contributed by atoms with van der Waals surface area (Å²) >= 11 is 6.03. The highest BCUT2D eigenvalue weighted by atomic mass is 35.5. The van der Waals surface area contributed by atoms with Crippen LogP contribution in [0, 0.1) is 11.6 Å². The molecule has 1 aromatic heterocycles. The standard InChI is InChI=1S/C19H12ClF2N5O2S/c20-13-6-12(19-23-26-27-24-19)7-14(8-13)30(28,29)25-18-9-15(16(21)10-17(18)22)11-4-2-1-3-5-11/h1-10,25H,(H,23,24,26,27). The van der Waals surface area contributed by atoms with Crippen molar-refractivity contribution in [1.82, 2.24) is 20.6 Å². The van der Waals surface area contributed by atoms with E-state index in [1.807, 2.05) is 0 Å². The molecule has 0 aliphatic carbocycles. The van der Waals surface area contributed by atoms with Gasteiger partial charge in [-0.2, -0.15) is 5.21 Å². The zero-order chi connectivity index (χ0) is 21.3. The van der Waals surface area contributed by atoms with E-state index in [9.17, 15) is 17.2 Å². The minimum atomic E-state index is -4.27. The third-order valence-electron chi connectivity index (χ3n) is 4.17. The predicted octanol–water partition coefficient (Wildman–Crippen LogP) is 4.27. The molecule has 11 heteroatoms. The Bertz CT molecular complexity index is 1320. The molecule has 0 saturated carbocycles. The van der Waals surface area contributed by atoms with E-state index in [1.165, 1.54) is 18.2 Å². The van der Waals surface area contributed by atoms with Crippen LogP contribution in [0.5, 0.6) is 0 Å². The van der Waals surface area contributed by atoms with Gasteiger partial charge >= 0.3 is 0 Å². The van der Waals surface area contributed by atoms with Gasteiger partial charge in [-0.15, -0.1) is 10.2 Å². The normalized spacial score (nSPS) is 11.4. The lowest BCUT2D eigenvalue weighted by atomic mass is 10.0. The molecule has 0 bridgehead atoms. The van der Waals surface area contributed by atoms with E-state index in [1.54, 1.807) is 30.3 Å². The lowest BCUT2D eigenvalue weighted by Gasteiger charge is -2.12. The summed E-state index contributed by atoms with van der Waals surface area (Å²) in [6.45, 7) is 0. The van der Waals surface area contributed by atoms with Crippen molar-refractivity contribution in [2.45, 2.75) is 4.90 Å². The fourth-order valence-corrected chi connectivity index (χ4v) is 4.23. The van der Waals surface area contributed by atoms with E-state index in [-0.39, 0.29) is 21.3 Å². The van der Waals surface area contributed by atoms with Crippen LogP contribution in [-0.4, -0.2) is 29.0 Å². The summed E-state index contributed by atoms with van der Waals surface area (Å²) in [5, 5.41) is 13.3. The number of hydrogen-bond donors (Lipinski definition) is 2. The highest BCUT2D eigenvalue weighted by Crippen LogP contribution is 2.31. The Hall–Kier alpha value is -3.37. The van der Waals surface area contributed by atoms with Gasteiger partial charge in [-0.05, 0) is 35.0 Å². The molecule has 0 aliphatic heterocycles. The molecule has 0 aliphatic rings. The zero-order valence-electron chi connectivity index (χ0n) is 15.0. The lowest BCUT2D eigenvalue weighted by Crippen LogP contribution is -2.14. The van der Waals surface area contributed by atoms with Gasteiger partial charge in [-0.25, -0.2) is 17.2 Å². The Morgan fingerprint density at radius 2 is 1.70 bits per heavy atom. The molecule has 0 saturated heterocycles. The number of tetrazole rings is 1. The molecule has 0 radical (unpaired) electrons. The third-order valence-corrected chi connectivity index (χ3v) is 5.73. The molecule has 0 atom stereocenters. The average Bonchev–Trinajstić information content (AvgIpc) is 3.25. The summed E-state index contributed by atoms with van der Waals surface area (Å²) in [6, 6.07) is 14.0. The lowest BCUT2D eigenvalue weighted by molar-refractivity contribution is 0.584. The van der Waals surface area contributed by atoms with Gasteiger partial charge in [0.15, 0.2) is 0 Å². The maximum atomic E-state index is 14.3. The van der Waals surface area contributed by atoms with Gasteiger partial charge in [-0.1, -0.05) is 41.9 Å². The Labute approximate surface area is 174 Å². The first-order valence-electron chi connectivity index (χ1n) is 8.45. The third kappa shape index (κ3) is 4.00. The van der Waals surface area contributed by atoms with Crippen molar-refractivity contribution in [3.63, 3.8) is 0 Å². The van der Waals surface area contributed by atoms with Crippen LogP contribution < -0.4 is 4.72 Å². The van der Waals surface area contributed by atoms with Gasteiger partial charge in [0.05, 0.1) is 10.6 Å². The molecular formula is C19H12ClF2N5O2S. The van der Waals surface area contributed by atoms with Crippen LogP contribution in [0.3, 0.4) is 0 Å². The first kappa shape index (κ1) is 19.9. The summed E-state index contributed by atoms with van der Waals surface area (Å²) in [5.41, 5.74) is 0.406. The minimum Gasteiger partial charge on any atom is -0.277 e. The number of anilines is 1. The van der Waals surface area contributed by atoms with E-state index in [2.05, 4.69) is 25.3 Å². The smallest absolute Gasteiger partial charge is 0.262 e.